The van der Waals surface area contributed by atoms with Gasteiger partial charge < -0.3 is 4.90 Å². The molecule has 1 aromatic heterocycles. The molecule has 0 bridgehead atoms. The molecule has 25 heavy (non-hydrogen) atoms. The normalized spacial score (nSPS) is 15.5. The lowest BCUT2D eigenvalue weighted by Crippen LogP contribution is -2.29. The maximum absolute atomic E-state index is 12.2. The van der Waals surface area contributed by atoms with Gasteiger partial charge in [0.1, 0.15) is 0 Å². The fourth-order valence-electron chi connectivity index (χ4n) is 2.93. The molecule has 0 saturated carbocycles. The van der Waals surface area contributed by atoms with Crippen LogP contribution in [0.5, 0.6) is 0 Å². The minimum absolute atomic E-state index is 0.0172. The van der Waals surface area contributed by atoms with E-state index in [0.717, 1.165) is 35.0 Å². The predicted octanol–water partition coefficient (Wildman–Crippen LogP) is 3.10. The maximum atomic E-state index is 12.2. The molecule has 0 atom stereocenters. The van der Waals surface area contributed by atoms with Crippen LogP contribution in [0.1, 0.15) is 36.1 Å². The fraction of sp³-hybridized carbons (Fsp3) is 0.500. The summed E-state index contributed by atoms with van der Waals surface area (Å²) in [7, 11) is -3.32. The third-order valence-corrected chi connectivity index (χ3v) is 6.65. The molecule has 1 aliphatic rings. The van der Waals surface area contributed by atoms with Crippen LogP contribution in [-0.4, -0.2) is 33.0 Å². The average Bonchev–Trinajstić information content (AvgIpc) is 3.06. The predicted molar refractivity (Wildman–Crippen MR) is 104 cm³/mol. The summed E-state index contributed by atoms with van der Waals surface area (Å²) in [5, 5.41) is 3.11. The summed E-state index contributed by atoms with van der Waals surface area (Å²) < 4.78 is 27.1. The van der Waals surface area contributed by atoms with Crippen LogP contribution in [-0.2, 0) is 22.2 Å². The van der Waals surface area contributed by atoms with Crippen molar-refractivity contribution in [1.29, 1.82) is 0 Å². The quantitative estimate of drug-likeness (QED) is 0.803. The molecule has 2 heterocycles. The van der Waals surface area contributed by atoms with Crippen molar-refractivity contribution in [3.05, 3.63) is 46.5 Å². The molecule has 0 spiro atoms. The Bertz CT molecular complexity index is 779. The Labute approximate surface area is 154 Å². The highest BCUT2D eigenvalue weighted by molar-refractivity contribution is 7.88. The van der Waals surface area contributed by atoms with E-state index < -0.39 is 10.0 Å². The Balaban J connectivity index is 1.48. The molecule has 1 aliphatic heterocycles. The molecule has 0 amide bonds. The number of aromatic nitrogens is 1. The summed E-state index contributed by atoms with van der Waals surface area (Å²) in [4.78, 5) is 6.99. The molecule has 136 valence electrons. The molecule has 0 radical (unpaired) electrons. The molecule has 2 aromatic rings. The highest BCUT2D eigenvalue weighted by Gasteiger charge is 2.15. The standard InChI is InChI=1S/C18H25N3O2S2/c1-15-5-7-16(8-6-15)14-25(22,23)19-10-9-17-13-24-18(20-17)21-11-3-2-4-12-21/h5-8,13,19H,2-4,9-12,14H2,1H3. The number of nitrogens with zero attached hydrogens (tertiary/aromatic N) is 2. The summed E-state index contributed by atoms with van der Waals surface area (Å²) in [6, 6.07) is 7.59. The van der Waals surface area contributed by atoms with E-state index in [9.17, 15) is 8.42 Å². The third kappa shape index (κ3) is 5.52. The van der Waals surface area contributed by atoms with Crippen molar-refractivity contribution in [2.45, 2.75) is 38.4 Å². The number of rotatable bonds is 7. The van der Waals surface area contributed by atoms with E-state index in [1.807, 2.05) is 36.6 Å². The van der Waals surface area contributed by atoms with Crippen LogP contribution >= 0.6 is 11.3 Å². The minimum Gasteiger partial charge on any atom is -0.348 e. The molecule has 0 unspecified atom stereocenters. The number of sulfonamides is 1. The SMILES string of the molecule is Cc1ccc(CS(=O)(=O)NCCc2csc(N3CCCCC3)n2)cc1. The average molecular weight is 380 g/mol. The van der Waals surface area contributed by atoms with Crippen molar-refractivity contribution in [2.75, 3.05) is 24.5 Å². The second-order valence-corrected chi connectivity index (χ2v) is 9.20. The van der Waals surface area contributed by atoms with Gasteiger partial charge in [0.2, 0.25) is 10.0 Å². The van der Waals surface area contributed by atoms with E-state index >= 15 is 0 Å². The number of nitrogens with one attached hydrogen (secondary N) is 1. The molecule has 1 fully saturated rings. The Kier molecular flexibility index (Phi) is 6.09. The zero-order valence-electron chi connectivity index (χ0n) is 14.6. The van der Waals surface area contributed by atoms with Crippen molar-refractivity contribution >= 4 is 26.5 Å². The second-order valence-electron chi connectivity index (χ2n) is 6.56. The topological polar surface area (TPSA) is 62.3 Å². The summed E-state index contributed by atoms with van der Waals surface area (Å²) in [6.07, 6.45) is 4.39. The Hall–Kier alpha value is -1.44. The van der Waals surface area contributed by atoms with E-state index in [0.29, 0.717) is 13.0 Å². The van der Waals surface area contributed by atoms with Crippen molar-refractivity contribution < 1.29 is 8.42 Å². The number of aryl methyl sites for hydroxylation is 1. The van der Waals surface area contributed by atoms with Crippen LogP contribution in [0, 0.1) is 6.92 Å². The lowest BCUT2D eigenvalue weighted by molar-refractivity contribution is 0.575. The van der Waals surface area contributed by atoms with Crippen LogP contribution in [0.2, 0.25) is 0 Å². The van der Waals surface area contributed by atoms with Gasteiger partial charge in [-0.15, -0.1) is 11.3 Å². The van der Waals surface area contributed by atoms with E-state index in [2.05, 4.69) is 14.6 Å². The van der Waals surface area contributed by atoms with Gasteiger partial charge in [-0.05, 0) is 31.7 Å². The van der Waals surface area contributed by atoms with Crippen molar-refractivity contribution in [3.8, 4) is 0 Å². The number of benzene rings is 1. The van der Waals surface area contributed by atoms with E-state index in [1.165, 1.54) is 19.3 Å². The highest BCUT2D eigenvalue weighted by atomic mass is 32.2. The lowest BCUT2D eigenvalue weighted by Gasteiger charge is -2.25. The van der Waals surface area contributed by atoms with E-state index in [1.54, 1.807) is 11.3 Å². The van der Waals surface area contributed by atoms with Crippen LogP contribution < -0.4 is 9.62 Å². The van der Waals surface area contributed by atoms with Crippen LogP contribution in [0.4, 0.5) is 5.13 Å². The van der Waals surface area contributed by atoms with Crippen LogP contribution in [0.25, 0.3) is 0 Å². The van der Waals surface area contributed by atoms with Crippen molar-refractivity contribution in [2.24, 2.45) is 0 Å². The van der Waals surface area contributed by atoms with Gasteiger partial charge in [0, 0.05) is 31.4 Å². The molecule has 1 saturated heterocycles. The number of thiazole rings is 1. The zero-order chi connectivity index (χ0) is 17.7. The molecule has 7 heteroatoms. The van der Waals surface area contributed by atoms with Crippen LogP contribution in [0.15, 0.2) is 29.6 Å². The highest BCUT2D eigenvalue weighted by Crippen LogP contribution is 2.24. The Morgan fingerprint density at radius 3 is 2.60 bits per heavy atom. The molecule has 3 rings (SSSR count). The van der Waals surface area contributed by atoms with Gasteiger partial charge in [-0.2, -0.15) is 0 Å². The van der Waals surface area contributed by atoms with Gasteiger partial charge in [0.15, 0.2) is 5.13 Å². The molecule has 0 aliphatic carbocycles. The smallest absolute Gasteiger partial charge is 0.215 e. The maximum Gasteiger partial charge on any atom is 0.215 e. The number of anilines is 1. The monoisotopic (exact) mass is 379 g/mol. The summed E-state index contributed by atoms with van der Waals surface area (Å²) in [5.41, 5.74) is 2.89. The molecular formula is C18H25N3O2S2. The van der Waals surface area contributed by atoms with Gasteiger partial charge in [-0.1, -0.05) is 29.8 Å². The van der Waals surface area contributed by atoms with E-state index in [4.69, 9.17) is 0 Å². The summed E-state index contributed by atoms with van der Waals surface area (Å²) in [6.45, 7) is 4.53. The van der Waals surface area contributed by atoms with E-state index in [-0.39, 0.29) is 5.75 Å². The van der Waals surface area contributed by atoms with Crippen molar-refractivity contribution in [3.63, 3.8) is 0 Å². The first kappa shape index (κ1) is 18.4. The Morgan fingerprint density at radius 1 is 1.16 bits per heavy atom. The molecule has 1 aromatic carbocycles. The van der Waals surface area contributed by atoms with Gasteiger partial charge in [-0.25, -0.2) is 18.1 Å². The molecular weight excluding hydrogens is 354 g/mol. The van der Waals surface area contributed by atoms with Crippen LogP contribution in [0.3, 0.4) is 0 Å². The van der Waals surface area contributed by atoms with Gasteiger partial charge in [-0.3, -0.25) is 0 Å². The summed E-state index contributed by atoms with van der Waals surface area (Å²) in [5.74, 6) is 0.0172. The van der Waals surface area contributed by atoms with Gasteiger partial charge in [0.25, 0.3) is 0 Å². The first-order valence-electron chi connectivity index (χ1n) is 8.74. The first-order valence-corrected chi connectivity index (χ1v) is 11.3. The van der Waals surface area contributed by atoms with Gasteiger partial charge >= 0.3 is 0 Å². The van der Waals surface area contributed by atoms with Crippen molar-refractivity contribution in [1.82, 2.24) is 9.71 Å². The minimum atomic E-state index is -3.32. The molecule has 5 nitrogen and oxygen atoms in total. The van der Waals surface area contributed by atoms with Gasteiger partial charge in [0.05, 0.1) is 11.4 Å². The summed E-state index contributed by atoms with van der Waals surface area (Å²) >= 11 is 1.66. The number of piperidine rings is 1. The largest absolute Gasteiger partial charge is 0.348 e. The Morgan fingerprint density at radius 2 is 1.88 bits per heavy atom. The second kappa shape index (κ2) is 8.29. The lowest BCUT2D eigenvalue weighted by atomic mass is 10.1. The number of hydrogen-bond donors (Lipinski definition) is 1. The molecule has 1 N–H and O–H groups in total. The fourth-order valence-corrected chi connectivity index (χ4v) is 4.99. The third-order valence-electron chi connectivity index (χ3n) is 4.35. The number of hydrogen-bond acceptors (Lipinski definition) is 5. The zero-order valence-corrected chi connectivity index (χ0v) is 16.2. The first-order chi connectivity index (χ1) is 12.0.